The molecule has 1 aliphatic carbocycles. The fourth-order valence-electron chi connectivity index (χ4n) is 4.99. The van der Waals surface area contributed by atoms with Gasteiger partial charge in [-0.15, -0.1) is 0 Å². The van der Waals surface area contributed by atoms with Gasteiger partial charge in [0.15, 0.2) is 11.5 Å². The van der Waals surface area contributed by atoms with Gasteiger partial charge in [-0.1, -0.05) is 37.6 Å². The maximum atomic E-state index is 13.0. The third kappa shape index (κ3) is 11.4. The number of anilines is 4. The van der Waals surface area contributed by atoms with Crippen LogP contribution in [-0.2, 0) is 26.0 Å². The maximum Gasteiger partial charge on any atom is 0.422 e. The lowest BCUT2D eigenvalue weighted by Crippen LogP contribution is -2.44. The van der Waals surface area contributed by atoms with Crippen LogP contribution in [-0.4, -0.2) is 71.1 Å². The monoisotopic (exact) mass is 771 g/mol. The lowest BCUT2D eigenvalue weighted by molar-refractivity contribution is -0.154. The average Bonchev–Trinajstić information content (AvgIpc) is 3.89. The van der Waals surface area contributed by atoms with Crippen LogP contribution in [0.2, 0.25) is 5.02 Å². The van der Waals surface area contributed by atoms with Gasteiger partial charge in [0, 0.05) is 45.9 Å². The number of rotatable bonds is 14. The first kappa shape index (κ1) is 39.1. The summed E-state index contributed by atoms with van der Waals surface area (Å²) in [6.07, 6.45) is 1.05. The van der Waals surface area contributed by atoms with Gasteiger partial charge in [-0.25, -0.2) is 0 Å². The number of amides is 3. The molecule has 0 saturated heterocycles. The number of alkyl halides is 3. The highest BCUT2D eigenvalue weighted by Gasteiger charge is 2.45. The molecule has 12 nitrogen and oxygen atoms in total. The van der Waals surface area contributed by atoms with Crippen LogP contribution in [0.5, 0.6) is 6.01 Å². The molecular formula is C36H39ClF3N8O4S+. The van der Waals surface area contributed by atoms with Gasteiger partial charge in [-0.2, -0.15) is 28.1 Å². The molecule has 0 unspecified atom stereocenters. The van der Waals surface area contributed by atoms with E-state index in [-0.39, 0.29) is 41.8 Å². The highest BCUT2D eigenvalue weighted by Crippen LogP contribution is 2.48. The Balaban J connectivity index is 1.16. The van der Waals surface area contributed by atoms with Crippen molar-refractivity contribution in [2.24, 2.45) is 5.41 Å². The molecule has 0 atom stereocenters. The zero-order valence-corrected chi connectivity index (χ0v) is 30.9. The number of hydrogen-bond donors (Lipinski definition) is 5. The van der Waals surface area contributed by atoms with E-state index in [0.29, 0.717) is 22.0 Å². The molecule has 1 fully saturated rings. The molecule has 5 N–H and O–H groups in total. The zero-order chi connectivity index (χ0) is 38.4. The minimum atomic E-state index is -4.61. The first-order valence-electron chi connectivity index (χ1n) is 16.4. The summed E-state index contributed by atoms with van der Waals surface area (Å²) in [6, 6.07) is 20.2. The van der Waals surface area contributed by atoms with Crippen LogP contribution < -0.4 is 31.3 Å². The molecule has 0 spiro atoms. The number of ether oxygens (including phenoxy) is 1. The lowest BCUT2D eigenvalue weighted by Gasteiger charge is -2.25. The summed E-state index contributed by atoms with van der Waals surface area (Å²) in [5, 5.41) is 14.7. The van der Waals surface area contributed by atoms with E-state index in [1.165, 1.54) is 0 Å². The van der Waals surface area contributed by atoms with Crippen LogP contribution in [0, 0.1) is 5.41 Å². The van der Waals surface area contributed by atoms with Crippen molar-refractivity contribution in [2.75, 3.05) is 48.2 Å². The Bertz CT molecular complexity index is 1930. The Hall–Kier alpha value is -5.09. The molecule has 3 aromatic carbocycles. The van der Waals surface area contributed by atoms with E-state index in [1.807, 2.05) is 38.1 Å². The largest absolute Gasteiger partial charge is 0.454 e. The summed E-state index contributed by atoms with van der Waals surface area (Å²) in [5.74, 6) is -2.04. The van der Waals surface area contributed by atoms with E-state index in [2.05, 4.69) is 54.0 Å². The molecule has 5 rings (SSSR count). The SMILES string of the molecule is C[S+](C)c1ccc(NC(=O)C(=O)NCC(C)(C)CNC(=O)c2ccc(Nc3nc(NC4(c5ccc(Cl)cc5)CC4)nc(OCC(F)(F)F)n3)cc2)cc1. The van der Waals surface area contributed by atoms with Gasteiger partial charge < -0.3 is 31.3 Å². The highest BCUT2D eigenvalue weighted by molar-refractivity contribution is 7.95. The molecule has 3 amide bonds. The Kier molecular flexibility index (Phi) is 12.0. The van der Waals surface area contributed by atoms with E-state index >= 15 is 0 Å². The van der Waals surface area contributed by atoms with E-state index in [4.69, 9.17) is 16.3 Å². The Labute approximate surface area is 312 Å². The van der Waals surface area contributed by atoms with Crippen LogP contribution >= 0.6 is 11.6 Å². The maximum absolute atomic E-state index is 13.0. The first-order chi connectivity index (χ1) is 25.0. The number of hydrogen-bond acceptors (Lipinski definition) is 9. The average molecular weight is 772 g/mol. The second-order valence-electron chi connectivity index (χ2n) is 13.4. The van der Waals surface area contributed by atoms with Gasteiger partial charge in [0.05, 0.1) is 5.54 Å². The fraction of sp³-hybridized carbons (Fsp3) is 0.333. The molecule has 0 bridgehead atoms. The van der Waals surface area contributed by atoms with Gasteiger partial charge in [0.25, 0.3) is 5.91 Å². The Morgan fingerprint density at radius 1 is 0.811 bits per heavy atom. The van der Waals surface area contributed by atoms with Crippen LogP contribution in [0.25, 0.3) is 0 Å². The van der Waals surface area contributed by atoms with Crippen molar-refractivity contribution in [3.63, 3.8) is 0 Å². The molecule has 1 heterocycles. The predicted molar refractivity (Wildman–Crippen MR) is 199 cm³/mol. The van der Waals surface area contributed by atoms with Crippen LogP contribution in [0.15, 0.2) is 77.7 Å². The number of carbonyl (C=O) groups is 3. The topological polar surface area (TPSA) is 159 Å². The fourth-order valence-corrected chi connectivity index (χ4v) is 5.80. The van der Waals surface area contributed by atoms with Gasteiger partial charge in [0.2, 0.25) is 11.9 Å². The second kappa shape index (κ2) is 16.3. The van der Waals surface area contributed by atoms with Crippen molar-refractivity contribution in [3.05, 3.63) is 88.9 Å². The molecule has 280 valence electrons. The minimum Gasteiger partial charge on any atom is -0.454 e. The summed E-state index contributed by atoms with van der Waals surface area (Å²) in [6.45, 7) is 2.37. The quantitative estimate of drug-likeness (QED) is 0.0759. The Morgan fingerprint density at radius 2 is 1.42 bits per heavy atom. The van der Waals surface area contributed by atoms with E-state index in [0.717, 1.165) is 23.3 Å². The summed E-state index contributed by atoms with van der Waals surface area (Å²) >= 11 is 6.03. The van der Waals surface area contributed by atoms with Crippen molar-refractivity contribution in [1.29, 1.82) is 0 Å². The molecule has 4 aromatic rings. The van der Waals surface area contributed by atoms with Crippen molar-refractivity contribution >= 4 is 63.5 Å². The molecular weight excluding hydrogens is 733 g/mol. The van der Waals surface area contributed by atoms with Gasteiger partial charge >= 0.3 is 24.0 Å². The summed E-state index contributed by atoms with van der Waals surface area (Å²) in [5.41, 5.74) is 1.08. The Morgan fingerprint density at radius 3 is 2.02 bits per heavy atom. The number of nitrogens with one attached hydrogen (secondary N) is 5. The van der Waals surface area contributed by atoms with E-state index in [1.54, 1.807) is 48.5 Å². The van der Waals surface area contributed by atoms with Gasteiger partial charge in [-0.3, -0.25) is 14.4 Å². The molecule has 1 aliphatic rings. The number of carbonyl (C=O) groups excluding carboxylic acids is 3. The third-order valence-corrected chi connectivity index (χ3v) is 9.59. The smallest absolute Gasteiger partial charge is 0.422 e. The molecule has 0 aliphatic heterocycles. The summed E-state index contributed by atoms with van der Waals surface area (Å²) < 4.78 is 43.7. The van der Waals surface area contributed by atoms with Gasteiger partial charge in [0.1, 0.15) is 12.5 Å². The van der Waals surface area contributed by atoms with Crippen LogP contribution in [0.3, 0.4) is 0 Å². The van der Waals surface area contributed by atoms with Crippen LogP contribution in [0.4, 0.5) is 36.4 Å². The van der Waals surface area contributed by atoms with E-state index < -0.39 is 41.6 Å². The standard InChI is InChI=1S/C36H38ClF3N8O4S/c1-34(2,20-42-29(50)30(51)43-25-13-15-27(16-14-25)53(3)4)19-41-28(49)22-5-11-26(12-6-22)44-31-45-32(47-33(46-31)52-21-36(38,39)40)48-35(17-18-35)23-7-9-24(37)10-8-23/h5-16H,17-21H2,1-4H3,(H4-,41,42,43,44,45,46,47,48,49,50,51)/p+1. The van der Waals surface area contributed by atoms with Crippen LogP contribution in [0.1, 0.15) is 42.6 Å². The molecule has 0 radical (unpaired) electrons. The van der Waals surface area contributed by atoms with Gasteiger partial charge in [-0.05, 0) is 84.5 Å². The molecule has 1 aromatic heterocycles. The second-order valence-corrected chi connectivity index (χ2v) is 16.0. The number of aromatic nitrogens is 3. The number of halogens is 4. The highest BCUT2D eigenvalue weighted by atomic mass is 35.5. The molecule has 53 heavy (non-hydrogen) atoms. The van der Waals surface area contributed by atoms with Crippen molar-refractivity contribution in [3.8, 4) is 6.01 Å². The summed E-state index contributed by atoms with van der Waals surface area (Å²) in [4.78, 5) is 51.4. The van der Waals surface area contributed by atoms with Crippen molar-refractivity contribution in [2.45, 2.75) is 43.3 Å². The lowest BCUT2D eigenvalue weighted by atomic mass is 9.93. The third-order valence-electron chi connectivity index (χ3n) is 8.13. The van der Waals surface area contributed by atoms with Crippen molar-refractivity contribution < 1.29 is 32.3 Å². The minimum absolute atomic E-state index is 0.0131. The molecule has 17 heteroatoms. The normalized spacial score (nSPS) is 13.5. The van der Waals surface area contributed by atoms with E-state index in [9.17, 15) is 27.6 Å². The predicted octanol–water partition coefficient (Wildman–Crippen LogP) is 6.06. The molecule has 1 saturated carbocycles. The number of benzene rings is 3. The zero-order valence-electron chi connectivity index (χ0n) is 29.4. The van der Waals surface area contributed by atoms with Crippen molar-refractivity contribution in [1.82, 2.24) is 25.6 Å². The first-order valence-corrected chi connectivity index (χ1v) is 18.8. The number of nitrogens with zero attached hydrogens (tertiary/aromatic N) is 3. The summed E-state index contributed by atoms with van der Waals surface area (Å²) in [7, 11) is 0.0741.